The van der Waals surface area contributed by atoms with Crippen molar-refractivity contribution >= 4 is 11.5 Å². The molecule has 1 fully saturated rings. The molecule has 21 heavy (non-hydrogen) atoms. The summed E-state index contributed by atoms with van der Waals surface area (Å²) in [5, 5.41) is 23.0. The Bertz CT molecular complexity index is 549. The quantitative estimate of drug-likeness (QED) is 0.659. The van der Waals surface area contributed by atoms with Crippen LogP contribution in [0.15, 0.2) is 12.3 Å². The molecule has 0 amide bonds. The summed E-state index contributed by atoms with van der Waals surface area (Å²) in [5.41, 5.74) is 0.0375. The fraction of sp³-hybridized carbons (Fsp3) is 0.571. The normalized spacial score (nSPS) is 17.0. The number of nitriles is 1. The van der Waals surface area contributed by atoms with Crippen LogP contribution in [0.3, 0.4) is 0 Å². The molecule has 2 rings (SSSR count). The largest absolute Gasteiger partial charge is 0.365 e. The first kappa shape index (κ1) is 15.2. The molecular weight excluding hydrogens is 270 g/mol. The van der Waals surface area contributed by atoms with Crippen molar-refractivity contribution < 1.29 is 4.92 Å². The molecule has 7 heteroatoms. The Morgan fingerprint density at radius 1 is 1.52 bits per heavy atom. The number of nitro groups is 1. The van der Waals surface area contributed by atoms with Gasteiger partial charge in [-0.05, 0) is 32.9 Å². The first-order valence-electron chi connectivity index (χ1n) is 7.13. The van der Waals surface area contributed by atoms with Crippen LogP contribution in [0.25, 0.3) is 0 Å². The van der Waals surface area contributed by atoms with Gasteiger partial charge in [0.25, 0.3) is 5.69 Å². The number of nitrogens with one attached hydrogen (secondary N) is 1. The third kappa shape index (κ3) is 4.13. The zero-order valence-corrected chi connectivity index (χ0v) is 12.1. The van der Waals surface area contributed by atoms with Crippen molar-refractivity contribution in [2.24, 2.45) is 0 Å². The van der Waals surface area contributed by atoms with Gasteiger partial charge < -0.3 is 10.2 Å². The Morgan fingerprint density at radius 3 is 2.86 bits per heavy atom. The van der Waals surface area contributed by atoms with Crippen molar-refractivity contribution in [3.05, 3.63) is 27.9 Å². The average Bonchev–Trinajstić information content (AvgIpc) is 2.48. The lowest BCUT2D eigenvalue weighted by molar-refractivity contribution is -0.385. The zero-order valence-electron chi connectivity index (χ0n) is 12.1. The molecule has 0 spiro atoms. The number of piperidine rings is 1. The molecule has 1 unspecified atom stereocenters. The van der Waals surface area contributed by atoms with Gasteiger partial charge in [0.05, 0.1) is 4.92 Å². The summed E-state index contributed by atoms with van der Waals surface area (Å²) in [4.78, 5) is 16.5. The van der Waals surface area contributed by atoms with Gasteiger partial charge in [-0.15, -0.1) is 0 Å². The van der Waals surface area contributed by atoms with Crippen LogP contribution in [0.1, 0.15) is 31.7 Å². The van der Waals surface area contributed by atoms with E-state index >= 15 is 0 Å². The molecule has 1 aliphatic heterocycles. The van der Waals surface area contributed by atoms with Crippen molar-refractivity contribution in [3.63, 3.8) is 0 Å². The molecule has 0 saturated carbocycles. The second kappa shape index (κ2) is 6.99. The Hall–Kier alpha value is -2.20. The molecule has 1 aliphatic rings. The van der Waals surface area contributed by atoms with Crippen LogP contribution in [0, 0.1) is 21.4 Å². The molecule has 2 heterocycles. The molecule has 1 aromatic rings. The molecule has 7 nitrogen and oxygen atoms in total. The van der Waals surface area contributed by atoms with E-state index in [0.717, 1.165) is 19.6 Å². The van der Waals surface area contributed by atoms with E-state index in [-0.39, 0.29) is 17.3 Å². The summed E-state index contributed by atoms with van der Waals surface area (Å²) < 4.78 is 0. The Morgan fingerprint density at radius 2 is 2.24 bits per heavy atom. The summed E-state index contributed by atoms with van der Waals surface area (Å²) in [6.07, 6.45) is 4.93. The number of hydrogen-bond donors (Lipinski definition) is 1. The minimum Gasteiger partial charge on any atom is -0.365 e. The third-order valence-electron chi connectivity index (χ3n) is 3.57. The summed E-state index contributed by atoms with van der Waals surface area (Å²) in [7, 11) is 0. The van der Waals surface area contributed by atoms with E-state index in [4.69, 9.17) is 5.26 Å². The molecule has 0 aliphatic carbocycles. The van der Waals surface area contributed by atoms with E-state index in [2.05, 4.69) is 15.2 Å². The van der Waals surface area contributed by atoms with E-state index < -0.39 is 4.92 Å². The monoisotopic (exact) mass is 289 g/mol. The lowest BCUT2D eigenvalue weighted by atomic mass is 10.1. The van der Waals surface area contributed by atoms with Gasteiger partial charge in [-0.25, -0.2) is 4.98 Å². The maximum atomic E-state index is 10.7. The fourth-order valence-electron chi connectivity index (χ4n) is 2.56. The smallest absolute Gasteiger partial charge is 0.289 e. The molecule has 1 saturated heterocycles. The summed E-state index contributed by atoms with van der Waals surface area (Å²) in [6, 6.07) is 3.34. The molecule has 1 N–H and O–H groups in total. The Kier molecular flexibility index (Phi) is 5.06. The lowest BCUT2D eigenvalue weighted by Gasteiger charge is -2.29. The number of rotatable bonds is 5. The highest BCUT2D eigenvalue weighted by Gasteiger charge is 2.16. The van der Waals surface area contributed by atoms with Gasteiger partial charge in [-0.3, -0.25) is 10.1 Å². The van der Waals surface area contributed by atoms with E-state index in [1.807, 2.05) is 13.0 Å². The van der Waals surface area contributed by atoms with Crippen molar-refractivity contribution in [3.8, 4) is 6.07 Å². The molecular formula is C14H19N5O2. The van der Waals surface area contributed by atoms with Gasteiger partial charge in [-0.1, -0.05) is 6.42 Å². The highest BCUT2D eigenvalue weighted by Crippen LogP contribution is 2.19. The van der Waals surface area contributed by atoms with E-state index in [0.29, 0.717) is 5.82 Å². The molecule has 1 atom stereocenters. The average molecular weight is 289 g/mol. The van der Waals surface area contributed by atoms with Gasteiger partial charge in [0.2, 0.25) is 0 Å². The maximum Gasteiger partial charge on any atom is 0.289 e. The van der Waals surface area contributed by atoms with Crippen LogP contribution in [-0.4, -0.2) is 40.5 Å². The Labute approximate surface area is 123 Å². The number of likely N-dealkylation sites (tertiary alicyclic amines) is 1. The van der Waals surface area contributed by atoms with Gasteiger partial charge in [0.1, 0.15) is 23.6 Å². The molecule has 1 aromatic heterocycles. The van der Waals surface area contributed by atoms with Crippen molar-refractivity contribution in [1.29, 1.82) is 5.26 Å². The minimum atomic E-state index is -0.547. The van der Waals surface area contributed by atoms with Crippen LogP contribution in [0.4, 0.5) is 11.5 Å². The number of pyridine rings is 1. The number of anilines is 1. The van der Waals surface area contributed by atoms with Crippen molar-refractivity contribution in [1.82, 2.24) is 9.88 Å². The lowest BCUT2D eigenvalue weighted by Crippen LogP contribution is -2.38. The van der Waals surface area contributed by atoms with Gasteiger partial charge in [0, 0.05) is 18.7 Å². The topological polar surface area (TPSA) is 95.1 Å². The highest BCUT2D eigenvalue weighted by atomic mass is 16.6. The van der Waals surface area contributed by atoms with Crippen LogP contribution >= 0.6 is 0 Å². The molecule has 0 aromatic carbocycles. The van der Waals surface area contributed by atoms with Gasteiger partial charge >= 0.3 is 0 Å². The maximum absolute atomic E-state index is 10.7. The number of hydrogen-bond acceptors (Lipinski definition) is 6. The first-order chi connectivity index (χ1) is 10.1. The predicted octanol–water partition coefficient (Wildman–Crippen LogP) is 2.15. The SMILES string of the molecule is CC(CN1CCCCC1)Nc1ncc([N+](=O)[O-])cc1C#N. The first-order valence-corrected chi connectivity index (χ1v) is 7.13. The summed E-state index contributed by atoms with van der Waals surface area (Å²) >= 11 is 0. The predicted molar refractivity (Wildman–Crippen MR) is 79.0 cm³/mol. The molecule has 0 bridgehead atoms. The van der Waals surface area contributed by atoms with Crippen molar-refractivity contribution in [2.45, 2.75) is 32.2 Å². The molecule has 112 valence electrons. The second-order valence-electron chi connectivity index (χ2n) is 5.37. The highest BCUT2D eigenvalue weighted by molar-refractivity contribution is 5.55. The Balaban J connectivity index is 2.01. The van der Waals surface area contributed by atoms with Crippen LogP contribution in [0.5, 0.6) is 0 Å². The van der Waals surface area contributed by atoms with Gasteiger partial charge in [0.15, 0.2) is 0 Å². The summed E-state index contributed by atoms with van der Waals surface area (Å²) in [6.45, 7) is 5.11. The number of nitrogens with zero attached hydrogens (tertiary/aromatic N) is 4. The second-order valence-corrected chi connectivity index (χ2v) is 5.37. The van der Waals surface area contributed by atoms with E-state index in [1.165, 1.54) is 31.5 Å². The van der Waals surface area contributed by atoms with E-state index in [1.54, 1.807) is 0 Å². The number of aromatic nitrogens is 1. The standard InChI is InChI=1S/C14H19N5O2/c1-11(10-18-5-3-2-4-6-18)17-14-12(8-15)7-13(9-16-14)19(20)21/h7,9,11H,2-6,10H2,1H3,(H,16,17). The van der Waals surface area contributed by atoms with Gasteiger partial charge in [-0.2, -0.15) is 5.26 Å². The summed E-state index contributed by atoms with van der Waals surface area (Å²) in [5.74, 6) is 0.410. The third-order valence-corrected chi connectivity index (χ3v) is 3.57. The van der Waals surface area contributed by atoms with Crippen molar-refractivity contribution in [2.75, 3.05) is 25.0 Å². The molecule has 0 radical (unpaired) electrons. The van der Waals surface area contributed by atoms with Crippen LogP contribution < -0.4 is 5.32 Å². The minimum absolute atomic E-state index is 0.129. The van der Waals surface area contributed by atoms with Crippen LogP contribution in [-0.2, 0) is 0 Å². The fourth-order valence-corrected chi connectivity index (χ4v) is 2.56. The van der Waals surface area contributed by atoms with E-state index in [9.17, 15) is 10.1 Å². The van der Waals surface area contributed by atoms with Crippen LogP contribution in [0.2, 0.25) is 0 Å². The zero-order chi connectivity index (χ0) is 15.2.